The first kappa shape index (κ1) is 53.3. The van der Waals surface area contributed by atoms with Crippen molar-refractivity contribution < 1.29 is 36.0 Å². The van der Waals surface area contributed by atoms with Crippen molar-refractivity contribution >= 4 is 38.0 Å². The van der Waals surface area contributed by atoms with E-state index in [1.54, 1.807) is 19.2 Å². The van der Waals surface area contributed by atoms with Crippen LogP contribution in [0.2, 0.25) is 0 Å². The Morgan fingerprint density at radius 3 is 2.18 bits per heavy atom. The maximum Gasteiger partial charge on any atom is 0.328 e. The van der Waals surface area contributed by atoms with Crippen LogP contribution >= 0.6 is 0 Å². The SMILES string of the molecule is CCC1=C(C)CN(C(=O)NCCc2ccc(S(=O)(=O)NC(=O)NC3CCC(C)CC3)cc2)C1=O.CCN(CC)CCCS(=O)(=O)N[C@H](CCc1ccccc1)c1nc(-c2ccc(OC)cc2)n[nH]1. The number of aromatic amines is 1. The second-order valence-electron chi connectivity index (χ2n) is 17.3. The molecule has 5 N–H and O–H groups in total. The molecule has 0 radical (unpaired) electrons. The van der Waals surface area contributed by atoms with Gasteiger partial charge in [0.25, 0.3) is 15.9 Å². The van der Waals surface area contributed by atoms with E-state index in [9.17, 15) is 31.2 Å². The molecule has 0 saturated heterocycles. The molecule has 5 amide bonds. The van der Waals surface area contributed by atoms with Crippen molar-refractivity contribution in [3.63, 3.8) is 0 Å². The Morgan fingerprint density at radius 2 is 1.56 bits per heavy atom. The first-order chi connectivity index (χ1) is 32.5. The number of nitrogens with zero attached hydrogens (tertiary/aromatic N) is 4. The van der Waals surface area contributed by atoms with Crippen molar-refractivity contribution in [1.29, 1.82) is 0 Å². The number of imide groups is 1. The summed E-state index contributed by atoms with van der Waals surface area (Å²) in [5.41, 5.74) is 4.38. The highest BCUT2D eigenvalue weighted by Gasteiger charge is 2.31. The lowest BCUT2D eigenvalue weighted by Crippen LogP contribution is -2.45. The summed E-state index contributed by atoms with van der Waals surface area (Å²) in [4.78, 5) is 44.8. The molecule has 3 aromatic carbocycles. The number of rotatable bonds is 21. The number of hydrogen-bond donors (Lipinski definition) is 5. The molecule has 1 saturated carbocycles. The smallest absolute Gasteiger partial charge is 0.328 e. The third-order valence-corrected chi connectivity index (χ3v) is 15.2. The van der Waals surface area contributed by atoms with Crippen LogP contribution in [0, 0.1) is 5.92 Å². The second kappa shape index (κ2) is 25.7. The van der Waals surface area contributed by atoms with Gasteiger partial charge < -0.3 is 20.3 Å². The number of sulfonamides is 2. The van der Waals surface area contributed by atoms with E-state index in [1.807, 2.05) is 68.4 Å². The zero-order valence-corrected chi connectivity index (χ0v) is 41.8. The molecule has 1 aromatic heterocycles. The fourth-order valence-corrected chi connectivity index (χ4v) is 10.4. The molecule has 4 aromatic rings. The van der Waals surface area contributed by atoms with E-state index in [2.05, 4.69) is 60.9 Å². The number of H-pyrrole nitrogens is 1. The summed E-state index contributed by atoms with van der Waals surface area (Å²) >= 11 is 0. The first-order valence-corrected chi connectivity index (χ1v) is 26.7. The van der Waals surface area contributed by atoms with Gasteiger partial charge in [-0.05, 0) is 143 Å². The molecule has 1 atom stereocenters. The van der Waals surface area contributed by atoms with E-state index in [0.29, 0.717) is 68.3 Å². The average molecular weight is 976 g/mol. The Kier molecular flexibility index (Phi) is 20.1. The average Bonchev–Trinajstić information content (AvgIpc) is 3.94. The maximum atomic E-state index is 12.9. The number of carbonyl (C=O) groups excluding carboxylic acids is 3. The lowest BCUT2D eigenvalue weighted by molar-refractivity contribution is -0.123. The highest BCUT2D eigenvalue weighted by molar-refractivity contribution is 7.90. The van der Waals surface area contributed by atoms with Gasteiger partial charge in [-0.2, -0.15) is 5.10 Å². The van der Waals surface area contributed by atoms with Crippen molar-refractivity contribution in [1.82, 2.24) is 45.1 Å². The monoisotopic (exact) mass is 975 g/mol. The highest BCUT2D eigenvalue weighted by Crippen LogP contribution is 2.25. The summed E-state index contributed by atoms with van der Waals surface area (Å²) < 4.78 is 61.1. The molecule has 17 nitrogen and oxygen atoms in total. The molecule has 1 aliphatic heterocycles. The quantitative estimate of drug-likeness (QED) is 0.0579. The van der Waals surface area contributed by atoms with Crippen LogP contribution in [0.3, 0.4) is 0 Å². The number of amides is 5. The molecule has 2 heterocycles. The van der Waals surface area contributed by atoms with Gasteiger partial charge in [0.05, 0.1) is 30.3 Å². The van der Waals surface area contributed by atoms with Gasteiger partial charge in [-0.1, -0.05) is 70.2 Å². The van der Waals surface area contributed by atoms with Crippen LogP contribution in [-0.4, -0.2) is 111 Å². The molecule has 0 bridgehead atoms. The molecule has 6 rings (SSSR count). The van der Waals surface area contributed by atoms with Crippen molar-refractivity contribution in [2.45, 2.75) is 109 Å². The summed E-state index contributed by atoms with van der Waals surface area (Å²) in [6, 6.07) is 22.0. The van der Waals surface area contributed by atoms with Crippen LogP contribution < -0.4 is 24.8 Å². The Balaban J connectivity index is 0.000000254. The van der Waals surface area contributed by atoms with Gasteiger partial charge >= 0.3 is 12.1 Å². The normalized spacial score (nSPS) is 16.8. The number of ether oxygens (including phenoxy) is 1. The van der Waals surface area contributed by atoms with Gasteiger partial charge in [0, 0.05) is 23.7 Å². The van der Waals surface area contributed by atoms with Gasteiger partial charge in [-0.25, -0.2) is 40.9 Å². The van der Waals surface area contributed by atoms with E-state index in [1.165, 1.54) is 17.0 Å². The van der Waals surface area contributed by atoms with Crippen molar-refractivity contribution in [2.75, 3.05) is 45.6 Å². The Bertz CT molecular complexity index is 2510. The van der Waals surface area contributed by atoms with Crippen molar-refractivity contribution in [3.8, 4) is 17.1 Å². The molecular formula is C49H69N9O8S2. The molecule has 2 aliphatic rings. The maximum absolute atomic E-state index is 12.9. The van der Waals surface area contributed by atoms with Crippen LogP contribution in [0.4, 0.5) is 9.59 Å². The summed E-state index contributed by atoms with van der Waals surface area (Å²) in [6.45, 7) is 13.3. The minimum atomic E-state index is -3.98. The topological polar surface area (TPSA) is 225 Å². The molecular weight excluding hydrogens is 907 g/mol. The van der Waals surface area contributed by atoms with Crippen molar-refractivity contribution in [2.24, 2.45) is 5.92 Å². The minimum absolute atomic E-state index is 0.00639. The van der Waals surface area contributed by atoms with E-state index in [4.69, 9.17) is 4.74 Å². The summed E-state index contributed by atoms with van der Waals surface area (Å²) in [5, 5.41) is 12.8. The van der Waals surface area contributed by atoms with E-state index < -0.39 is 38.2 Å². The molecule has 19 heteroatoms. The number of nitrogens with one attached hydrogen (secondary N) is 5. The minimum Gasteiger partial charge on any atom is -0.497 e. The third kappa shape index (κ3) is 16.0. The molecule has 1 fully saturated rings. The van der Waals surface area contributed by atoms with Crippen LogP contribution in [0.1, 0.15) is 103 Å². The molecule has 1 aliphatic carbocycles. The van der Waals surface area contributed by atoms with Gasteiger partial charge in [0.15, 0.2) is 5.82 Å². The number of benzene rings is 3. The number of aryl methyl sites for hydroxylation is 1. The summed E-state index contributed by atoms with van der Waals surface area (Å²) in [5.74, 6) is 2.23. The van der Waals surface area contributed by atoms with Crippen LogP contribution in [0.15, 0.2) is 94.9 Å². The largest absolute Gasteiger partial charge is 0.497 e. The number of urea groups is 2. The van der Waals surface area contributed by atoms with Crippen molar-refractivity contribution in [3.05, 3.63) is 107 Å². The van der Waals surface area contributed by atoms with Crippen LogP contribution in [0.25, 0.3) is 11.4 Å². The predicted molar refractivity (Wildman–Crippen MR) is 264 cm³/mol. The zero-order chi connectivity index (χ0) is 49.3. The lowest BCUT2D eigenvalue weighted by Gasteiger charge is -2.26. The van der Waals surface area contributed by atoms with E-state index >= 15 is 0 Å². The predicted octanol–water partition coefficient (Wildman–Crippen LogP) is 6.88. The van der Waals surface area contributed by atoms with Crippen LogP contribution in [0.5, 0.6) is 5.75 Å². The fraction of sp³-hybridized carbons (Fsp3) is 0.490. The number of carbonyl (C=O) groups is 3. The zero-order valence-electron chi connectivity index (χ0n) is 40.2. The van der Waals surface area contributed by atoms with E-state index in [0.717, 1.165) is 73.3 Å². The second-order valence-corrected chi connectivity index (χ2v) is 20.9. The fourth-order valence-electron chi connectivity index (χ4n) is 8.21. The third-order valence-electron chi connectivity index (χ3n) is 12.4. The Labute approximate surface area is 402 Å². The van der Waals surface area contributed by atoms with Gasteiger partial charge in [-0.3, -0.25) is 14.8 Å². The van der Waals surface area contributed by atoms with Gasteiger partial charge in [-0.15, -0.1) is 0 Å². The molecule has 370 valence electrons. The molecule has 68 heavy (non-hydrogen) atoms. The Hall–Kier alpha value is -5.63. The standard InChI is InChI=1S/C25H35N5O3S.C24H34N4O5S/c1-4-30(5-2)18-9-19-34(31,32)29-23(17-12-20-10-7-6-8-11-20)25-26-24(27-28-25)21-13-15-22(33-3)16-14-21;1-4-21-17(3)15-28(22(21)29)24(31)25-14-13-18-7-11-20(12-8-18)34(32,33)27-23(30)26-19-9-5-16(2)6-10-19/h6-8,10-11,13-16,23,29H,4-5,9,12,17-19H2,1-3H3,(H,26,27,28);7-8,11-12,16,19H,4-6,9-10,13-15H2,1-3H3,(H,25,31)(H2,26,27,30)/t23-;/m1./s1. The van der Waals surface area contributed by atoms with E-state index in [-0.39, 0.29) is 22.6 Å². The first-order valence-electron chi connectivity index (χ1n) is 23.6. The van der Waals surface area contributed by atoms with Gasteiger partial charge in [0.2, 0.25) is 10.0 Å². The molecule has 0 spiro atoms. The number of methoxy groups -OCH3 is 1. The summed E-state index contributed by atoms with van der Waals surface area (Å²) in [6.07, 6.45) is 6.66. The number of hydrogen-bond acceptors (Lipinski definition) is 11. The number of aromatic nitrogens is 3. The highest BCUT2D eigenvalue weighted by atomic mass is 32.2. The summed E-state index contributed by atoms with van der Waals surface area (Å²) in [7, 11) is -5.86. The molecule has 0 unspecified atom stereocenters. The van der Waals surface area contributed by atoms with Gasteiger partial charge in [0.1, 0.15) is 11.6 Å². The lowest BCUT2D eigenvalue weighted by atomic mass is 9.87. The Morgan fingerprint density at radius 1 is 0.897 bits per heavy atom. The van der Waals surface area contributed by atoms with Crippen LogP contribution in [-0.2, 0) is 37.7 Å².